The molecular weight excluding hydrogens is 539 g/mol. The van der Waals surface area contributed by atoms with Crippen LogP contribution in [0.5, 0.6) is 0 Å². The summed E-state index contributed by atoms with van der Waals surface area (Å²) in [4.78, 5) is 11.1. The van der Waals surface area contributed by atoms with Gasteiger partial charge in [0.2, 0.25) is 0 Å². The first-order valence-corrected chi connectivity index (χ1v) is 16.6. The summed E-state index contributed by atoms with van der Waals surface area (Å²) in [6, 6.07) is 9.44. The minimum atomic E-state index is -3.60. The maximum atomic E-state index is 13.4. The maximum absolute atomic E-state index is 13.4. The Morgan fingerprint density at radius 2 is 2.00 bits per heavy atom. The average molecular weight is 574 g/mol. The number of sulfonamides is 1. The van der Waals surface area contributed by atoms with Crippen LogP contribution in [-0.2, 0) is 27.7 Å². The Kier molecular flexibility index (Phi) is 7.75. The van der Waals surface area contributed by atoms with Gasteiger partial charge >= 0.3 is 0 Å². The second kappa shape index (κ2) is 11.2. The van der Waals surface area contributed by atoms with Crippen molar-refractivity contribution in [1.29, 1.82) is 0 Å². The number of rotatable bonds is 9. The largest absolute Gasteiger partial charge is 0.377 e. The van der Waals surface area contributed by atoms with Gasteiger partial charge in [0.15, 0.2) is 0 Å². The van der Waals surface area contributed by atoms with Gasteiger partial charge in [-0.2, -0.15) is 0 Å². The van der Waals surface area contributed by atoms with Crippen LogP contribution in [0.4, 0.5) is 11.4 Å². The van der Waals surface area contributed by atoms with Gasteiger partial charge in [0, 0.05) is 69.9 Å². The number of para-hydroxylation sites is 1. The van der Waals surface area contributed by atoms with Crippen molar-refractivity contribution in [3.63, 3.8) is 0 Å². The Balaban J connectivity index is 1.10. The van der Waals surface area contributed by atoms with Gasteiger partial charge < -0.3 is 10.1 Å². The van der Waals surface area contributed by atoms with E-state index < -0.39 is 10.0 Å². The van der Waals surface area contributed by atoms with E-state index in [1.807, 2.05) is 25.3 Å². The van der Waals surface area contributed by atoms with Gasteiger partial charge in [-0.25, -0.2) is 13.4 Å². The molecule has 0 aliphatic carbocycles. The van der Waals surface area contributed by atoms with Crippen molar-refractivity contribution in [3.05, 3.63) is 57.4 Å². The number of fused-ring (bicyclic) bond motifs is 1. The Hall–Kier alpha value is -2.02. The lowest BCUT2D eigenvalue weighted by Gasteiger charge is -2.35. The van der Waals surface area contributed by atoms with E-state index in [1.54, 1.807) is 28.8 Å². The molecule has 3 aromatic rings. The molecule has 0 bridgehead atoms. The van der Waals surface area contributed by atoms with E-state index in [2.05, 4.69) is 21.2 Å². The molecule has 2 unspecified atom stereocenters. The van der Waals surface area contributed by atoms with Crippen LogP contribution in [0.1, 0.15) is 41.3 Å². The third-order valence-electron chi connectivity index (χ3n) is 7.67. The lowest BCUT2D eigenvalue weighted by atomic mass is 10.1. The number of ether oxygens (including phenoxy) is 1. The normalized spacial score (nSPS) is 22.4. The Bertz CT molecular complexity index is 1330. The lowest BCUT2D eigenvalue weighted by Crippen LogP contribution is -2.47. The molecule has 6 rings (SSSR count). The highest BCUT2D eigenvalue weighted by Gasteiger charge is 2.32. The molecule has 2 atom stereocenters. The number of hydrogen-bond acceptors (Lipinski definition) is 9. The second-order valence-corrected chi connectivity index (χ2v) is 14.4. The number of anilines is 2. The highest BCUT2D eigenvalue weighted by atomic mass is 32.2. The minimum absolute atomic E-state index is 0.0521. The van der Waals surface area contributed by atoms with E-state index in [0.29, 0.717) is 22.5 Å². The Morgan fingerprint density at radius 1 is 1.16 bits per heavy atom. The molecule has 0 amide bonds. The van der Waals surface area contributed by atoms with Crippen LogP contribution in [0.3, 0.4) is 0 Å². The molecular formula is C27H35N5O3S3. The quantitative estimate of drug-likeness (QED) is 0.406. The molecule has 1 N–H and O–H groups in total. The van der Waals surface area contributed by atoms with E-state index >= 15 is 0 Å². The van der Waals surface area contributed by atoms with Crippen LogP contribution in [0.2, 0.25) is 0 Å². The first-order chi connectivity index (χ1) is 18.5. The van der Waals surface area contributed by atoms with Crippen LogP contribution in [-0.4, -0.2) is 75.2 Å². The SMILES string of the molecule is CCN(c1cccc2c1NC(c1ncc(CN3CCN(CC4CCCO4)CC3)s1)C2)S(=O)(=O)c1cccs1. The summed E-state index contributed by atoms with van der Waals surface area (Å²) in [6.07, 6.45) is 5.64. The average Bonchev–Trinajstić information content (AvgIpc) is 3.73. The van der Waals surface area contributed by atoms with Gasteiger partial charge in [0.25, 0.3) is 10.0 Å². The van der Waals surface area contributed by atoms with Crippen molar-refractivity contribution < 1.29 is 13.2 Å². The number of nitrogens with zero attached hydrogens (tertiary/aromatic N) is 4. The maximum Gasteiger partial charge on any atom is 0.273 e. The molecule has 2 fully saturated rings. The zero-order chi connectivity index (χ0) is 26.1. The number of thiophene rings is 1. The van der Waals surface area contributed by atoms with Crippen molar-refractivity contribution >= 4 is 44.1 Å². The summed E-state index contributed by atoms with van der Waals surface area (Å²) in [5.41, 5.74) is 2.74. The minimum Gasteiger partial charge on any atom is -0.377 e. The first-order valence-electron chi connectivity index (χ1n) is 13.5. The highest BCUT2D eigenvalue weighted by molar-refractivity contribution is 7.94. The molecule has 5 heterocycles. The summed E-state index contributed by atoms with van der Waals surface area (Å²) in [6.45, 7) is 9.50. The number of thiazole rings is 1. The number of benzene rings is 1. The van der Waals surface area contributed by atoms with Crippen molar-refractivity contribution in [3.8, 4) is 0 Å². The first kappa shape index (κ1) is 26.2. The van der Waals surface area contributed by atoms with Crippen LogP contribution in [0.25, 0.3) is 0 Å². The van der Waals surface area contributed by atoms with Gasteiger partial charge in [-0.15, -0.1) is 22.7 Å². The van der Waals surface area contributed by atoms with Crippen LogP contribution in [0.15, 0.2) is 46.1 Å². The lowest BCUT2D eigenvalue weighted by molar-refractivity contribution is 0.0491. The molecule has 2 saturated heterocycles. The number of nitrogens with one attached hydrogen (secondary N) is 1. The molecule has 0 saturated carbocycles. The van der Waals surface area contributed by atoms with E-state index in [9.17, 15) is 8.42 Å². The molecule has 3 aliphatic heterocycles. The monoisotopic (exact) mass is 573 g/mol. The molecule has 1 aromatic carbocycles. The fourth-order valence-electron chi connectivity index (χ4n) is 5.70. The smallest absolute Gasteiger partial charge is 0.273 e. The van der Waals surface area contributed by atoms with Crippen LogP contribution in [0, 0.1) is 0 Å². The molecule has 0 spiro atoms. The summed E-state index contributed by atoms with van der Waals surface area (Å²) >= 11 is 3.02. The summed E-state index contributed by atoms with van der Waals surface area (Å²) < 4.78 is 34.4. The molecule has 2 aromatic heterocycles. The van der Waals surface area contributed by atoms with Gasteiger partial charge in [0.1, 0.15) is 9.22 Å². The Morgan fingerprint density at radius 3 is 2.74 bits per heavy atom. The molecule has 0 radical (unpaired) electrons. The van der Waals surface area contributed by atoms with Crippen molar-refractivity contribution in [2.75, 3.05) is 55.5 Å². The number of aromatic nitrogens is 1. The standard InChI is InChI=1S/C27H35N5O3S3/c1-2-32(38(33,34)25-9-5-15-36-25)24-8-3-6-20-16-23(29-26(20)24)27-28-17-22(37-27)19-31-12-10-30(11-13-31)18-21-7-4-14-35-21/h3,5-6,8-9,15,17,21,23,29H,2,4,7,10-14,16,18-19H2,1H3. The molecule has 38 heavy (non-hydrogen) atoms. The summed E-state index contributed by atoms with van der Waals surface area (Å²) in [5, 5.41) is 6.48. The zero-order valence-electron chi connectivity index (χ0n) is 21.7. The van der Waals surface area contributed by atoms with Crippen LogP contribution < -0.4 is 9.62 Å². The van der Waals surface area contributed by atoms with Crippen molar-refractivity contribution in [1.82, 2.24) is 14.8 Å². The fraction of sp³-hybridized carbons (Fsp3) is 0.519. The van der Waals surface area contributed by atoms with Gasteiger partial charge in [0.05, 0.1) is 23.5 Å². The van der Waals surface area contributed by atoms with Gasteiger partial charge in [-0.3, -0.25) is 14.1 Å². The third kappa shape index (κ3) is 5.37. The summed E-state index contributed by atoms with van der Waals surface area (Å²) in [7, 11) is -3.60. The van der Waals surface area contributed by atoms with Crippen LogP contribution >= 0.6 is 22.7 Å². The predicted molar refractivity (Wildman–Crippen MR) is 154 cm³/mol. The Labute approximate surface area is 233 Å². The zero-order valence-corrected chi connectivity index (χ0v) is 24.2. The molecule has 3 aliphatic rings. The topological polar surface area (TPSA) is 78.0 Å². The molecule has 8 nitrogen and oxygen atoms in total. The fourth-order valence-corrected chi connectivity index (χ4v) is 9.30. The van der Waals surface area contributed by atoms with E-state index in [1.165, 1.54) is 33.4 Å². The van der Waals surface area contributed by atoms with E-state index in [-0.39, 0.29) is 6.04 Å². The van der Waals surface area contributed by atoms with Gasteiger partial charge in [-0.1, -0.05) is 18.2 Å². The highest BCUT2D eigenvalue weighted by Crippen LogP contribution is 2.43. The van der Waals surface area contributed by atoms with Crippen molar-refractivity contribution in [2.45, 2.75) is 49.1 Å². The second-order valence-electron chi connectivity index (χ2n) is 10.2. The molecule has 11 heteroatoms. The number of piperazine rings is 1. The van der Waals surface area contributed by atoms with E-state index in [4.69, 9.17) is 9.72 Å². The third-order valence-corrected chi connectivity index (χ3v) is 12.0. The predicted octanol–water partition coefficient (Wildman–Crippen LogP) is 4.43. The molecule has 204 valence electrons. The summed E-state index contributed by atoms with van der Waals surface area (Å²) in [5.74, 6) is 0. The van der Waals surface area contributed by atoms with Gasteiger partial charge in [-0.05, 0) is 42.8 Å². The van der Waals surface area contributed by atoms with Crippen molar-refractivity contribution in [2.24, 2.45) is 0 Å². The van der Waals surface area contributed by atoms with E-state index in [0.717, 1.165) is 68.6 Å². The number of hydrogen-bond donors (Lipinski definition) is 1.